The molecule has 254 valence electrons. The van der Waals surface area contributed by atoms with E-state index in [1.807, 2.05) is 58.7 Å². The number of piperidine rings is 2. The van der Waals surface area contributed by atoms with Gasteiger partial charge in [0.15, 0.2) is 18.5 Å². The van der Waals surface area contributed by atoms with Crippen molar-refractivity contribution in [1.82, 2.24) is 19.9 Å². The average Bonchev–Trinajstić information content (AvgIpc) is 3.46. The van der Waals surface area contributed by atoms with Crippen LogP contribution >= 0.6 is 24.4 Å². The first-order chi connectivity index (χ1) is 22.5. The van der Waals surface area contributed by atoms with E-state index in [1.54, 1.807) is 0 Å². The molecule has 4 saturated heterocycles. The molecule has 4 bridgehead atoms. The standard InChI is InChI=1S/C20H32N2O2SSi.C14H17N5OS/c1-20(2,3)26(4,5)24-15-18-12-11-17-13-21(18)19(25)22(17)23-14-16-9-7-6-8-10-16;15-17-16-8-12-6-7-13-9-18(12)14(21)19(13)20-10-11-4-2-1-3-5-11/h6-10,17-18H,11-15H2,1-5H3;1-5,12-13H,6-10H2/t17-,18+;12-,13+/m10/s1. The molecule has 0 unspecified atom stereocenters. The number of rotatable bonds is 11. The van der Waals surface area contributed by atoms with Crippen LogP contribution in [0, 0.1) is 0 Å². The topological polar surface area (TPSA) is 89.4 Å². The van der Waals surface area contributed by atoms with Crippen LogP contribution in [-0.4, -0.2) is 88.9 Å². The van der Waals surface area contributed by atoms with Crippen molar-refractivity contribution in [3.63, 3.8) is 0 Å². The lowest BCUT2D eigenvalue weighted by Crippen LogP contribution is -2.48. The van der Waals surface area contributed by atoms with Crippen LogP contribution < -0.4 is 0 Å². The molecule has 13 heteroatoms. The van der Waals surface area contributed by atoms with E-state index in [4.69, 9.17) is 44.1 Å². The smallest absolute Gasteiger partial charge is 0.196 e. The first-order valence-electron chi connectivity index (χ1n) is 16.7. The van der Waals surface area contributed by atoms with Gasteiger partial charge in [-0.15, -0.1) is 0 Å². The lowest BCUT2D eigenvalue weighted by atomic mass is 10.0. The number of hydrogen-bond acceptors (Lipinski definition) is 6. The Hall–Kier alpha value is -2.77. The summed E-state index contributed by atoms with van der Waals surface area (Å²) in [4.78, 5) is 19.3. The van der Waals surface area contributed by atoms with E-state index >= 15 is 0 Å². The summed E-state index contributed by atoms with van der Waals surface area (Å²) in [7, 11) is -1.73. The molecular weight excluding hydrogens is 647 g/mol. The van der Waals surface area contributed by atoms with Crippen LogP contribution in [0.2, 0.25) is 18.1 Å². The molecule has 0 saturated carbocycles. The third-order valence-corrected chi connectivity index (χ3v) is 15.4. The van der Waals surface area contributed by atoms with E-state index in [0.29, 0.717) is 43.0 Å². The van der Waals surface area contributed by atoms with Crippen LogP contribution in [0.3, 0.4) is 0 Å². The Kier molecular flexibility index (Phi) is 11.8. The SMILES string of the molecule is CC(C)(C)[Si](C)(C)OC[C@@H]1CC[C@@H]2CN1C(=S)N2OCc1ccccc1.[N-]=[N+]=NC[C@@H]1CC[C@@H]2CN1C(=S)N2OCc1ccccc1. The number of thiocarbonyl (C=S) groups is 2. The summed E-state index contributed by atoms with van der Waals surface area (Å²) in [6, 6.07) is 21.6. The van der Waals surface area contributed by atoms with E-state index < -0.39 is 8.32 Å². The van der Waals surface area contributed by atoms with Gasteiger partial charge in [-0.05, 0) is 84.9 Å². The van der Waals surface area contributed by atoms with Gasteiger partial charge in [0.25, 0.3) is 0 Å². The fourth-order valence-corrected chi connectivity index (χ4v) is 8.10. The molecule has 0 N–H and O–H groups in total. The van der Waals surface area contributed by atoms with Crippen LogP contribution in [0.25, 0.3) is 10.4 Å². The largest absolute Gasteiger partial charge is 0.415 e. The summed E-state index contributed by atoms with van der Waals surface area (Å²) in [5, 5.41) is 9.29. The minimum Gasteiger partial charge on any atom is -0.415 e. The van der Waals surface area contributed by atoms with Crippen LogP contribution in [-0.2, 0) is 27.3 Å². The lowest BCUT2D eigenvalue weighted by molar-refractivity contribution is -0.127. The molecule has 10 nitrogen and oxygen atoms in total. The van der Waals surface area contributed by atoms with Gasteiger partial charge in [0.2, 0.25) is 0 Å². The zero-order valence-electron chi connectivity index (χ0n) is 28.3. The molecule has 4 heterocycles. The highest BCUT2D eigenvalue weighted by Crippen LogP contribution is 2.38. The Balaban J connectivity index is 0.000000189. The zero-order valence-corrected chi connectivity index (χ0v) is 31.0. The molecule has 4 fully saturated rings. The van der Waals surface area contributed by atoms with Crippen LogP contribution in [0.15, 0.2) is 65.8 Å². The first-order valence-corrected chi connectivity index (χ1v) is 20.4. The lowest BCUT2D eigenvalue weighted by Gasteiger charge is -2.39. The van der Waals surface area contributed by atoms with Crippen molar-refractivity contribution in [2.24, 2.45) is 5.11 Å². The average molecular weight is 696 g/mol. The molecule has 2 aromatic rings. The predicted octanol–water partition coefficient (Wildman–Crippen LogP) is 7.44. The summed E-state index contributed by atoms with van der Waals surface area (Å²) < 4.78 is 6.48. The Labute approximate surface area is 291 Å². The van der Waals surface area contributed by atoms with Gasteiger partial charge in [-0.25, -0.2) is 10.1 Å². The maximum absolute atomic E-state index is 8.47. The minimum absolute atomic E-state index is 0.204. The number of hydroxylamine groups is 4. The quantitative estimate of drug-likeness (QED) is 0.0783. The molecular formula is C34H49N7O3S2Si. The number of hydrogen-bond donors (Lipinski definition) is 0. The molecule has 0 aliphatic carbocycles. The minimum atomic E-state index is -1.73. The summed E-state index contributed by atoms with van der Waals surface area (Å²) in [5.41, 5.74) is 10.8. The van der Waals surface area contributed by atoms with Crippen molar-refractivity contribution < 1.29 is 14.1 Å². The molecule has 0 spiro atoms. The van der Waals surface area contributed by atoms with Crippen molar-refractivity contribution in [2.45, 2.75) is 102 Å². The Morgan fingerprint density at radius 3 is 1.72 bits per heavy atom. The molecule has 0 aromatic heterocycles. The Bertz CT molecular complexity index is 1410. The maximum Gasteiger partial charge on any atom is 0.196 e. The molecule has 4 aliphatic rings. The van der Waals surface area contributed by atoms with Crippen molar-refractivity contribution >= 4 is 43.0 Å². The normalized spacial score (nSPS) is 23.9. The molecule has 6 rings (SSSR count). The number of nitrogens with zero attached hydrogens (tertiary/aromatic N) is 7. The molecule has 4 atom stereocenters. The van der Waals surface area contributed by atoms with Gasteiger partial charge in [-0.2, -0.15) is 0 Å². The highest BCUT2D eigenvalue weighted by atomic mass is 32.1. The Morgan fingerprint density at radius 2 is 1.26 bits per heavy atom. The van der Waals surface area contributed by atoms with E-state index in [2.05, 4.69) is 65.8 Å². The monoisotopic (exact) mass is 695 g/mol. The van der Waals surface area contributed by atoms with Gasteiger partial charge in [0.05, 0.1) is 24.7 Å². The van der Waals surface area contributed by atoms with Gasteiger partial charge >= 0.3 is 0 Å². The predicted molar refractivity (Wildman–Crippen MR) is 196 cm³/mol. The second kappa shape index (κ2) is 15.6. The van der Waals surface area contributed by atoms with Crippen molar-refractivity contribution in [3.8, 4) is 0 Å². The summed E-state index contributed by atoms with van der Waals surface area (Å²) in [6.45, 7) is 15.6. The highest BCUT2D eigenvalue weighted by Gasteiger charge is 2.45. The molecule has 0 radical (unpaired) electrons. The summed E-state index contributed by atoms with van der Waals surface area (Å²) >= 11 is 11.2. The van der Waals surface area contributed by atoms with Crippen molar-refractivity contribution in [2.75, 3.05) is 26.2 Å². The van der Waals surface area contributed by atoms with Gasteiger partial charge in [-0.1, -0.05) is 86.5 Å². The van der Waals surface area contributed by atoms with Crippen LogP contribution in [0.1, 0.15) is 57.6 Å². The summed E-state index contributed by atoms with van der Waals surface area (Å²) in [6.07, 6.45) is 4.22. The number of benzene rings is 2. The van der Waals surface area contributed by atoms with E-state index in [9.17, 15) is 0 Å². The van der Waals surface area contributed by atoms with Crippen LogP contribution in [0.5, 0.6) is 0 Å². The molecule has 2 aromatic carbocycles. The molecule has 47 heavy (non-hydrogen) atoms. The third kappa shape index (κ3) is 8.64. The fraction of sp³-hybridized carbons (Fsp3) is 0.588. The van der Waals surface area contributed by atoms with Crippen LogP contribution in [0.4, 0.5) is 0 Å². The second-order valence-electron chi connectivity index (χ2n) is 14.3. The second-order valence-corrected chi connectivity index (χ2v) is 19.8. The Morgan fingerprint density at radius 1 is 0.787 bits per heavy atom. The summed E-state index contributed by atoms with van der Waals surface area (Å²) in [5.74, 6) is 0. The van der Waals surface area contributed by atoms with E-state index in [1.165, 1.54) is 5.56 Å². The third-order valence-electron chi connectivity index (χ3n) is 10.1. The zero-order chi connectivity index (χ0) is 33.6. The molecule has 4 aliphatic heterocycles. The van der Waals surface area contributed by atoms with E-state index in [-0.39, 0.29) is 11.1 Å². The highest BCUT2D eigenvalue weighted by molar-refractivity contribution is 7.80. The van der Waals surface area contributed by atoms with Crippen molar-refractivity contribution in [3.05, 3.63) is 82.2 Å². The van der Waals surface area contributed by atoms with Gasteiger partial charge < -0.3 is 14.2 Å². The van der Waals surface area contributed by atoms with Gasteiger partial charge in [0.1, 0.15) is 13.2 Å². The molecule has 0 amide bonds. The number of azide groups is 1. The first kappa shape index (κ1) is 35.5. The van der Waals surface area contributed by atoms with E-state index in [0.717, 1.165) is 56.1 Å². The van der Waals surface area contributed by atoms with Gasteiger partial charge in [0, 0.05) is 30.6 Å². The number of fused-ring (bicyclic) bond motifs is 4. The fourth-order valence-electron chi connectivity index (χ4n) is 6.21. The maximum atomic E-state index is 8.47. The van der Waals surface area contributed by atoms with Crippen molar-refractivity contribution in [1.29, 1.82) is 0 Å². The van der Waals surface area contributed by atoms with Gasteiger partial charge in [-0.3, -0.25) is 9.68 Å².